The van der Waals surface area contributed by atoms with Gasteiger partial charge in [-0.25, -0.2) is 4.98 Å². The number of aliphatic imine (C=N–C) groups is 1. The Bertz CT molecular complexity index is 1010. The van der Waals surface area contributed by atoms with Gasteiger partial charge in [0.1, 0.15) is 5.82 Å². The van der Waals surface area contributed by atoms with E-state index >= 15 is 0 Å². The number of hydrogen-bond donors (Lipinski definition) is 2. The fourth-order valence-corrected chi connectivity index (χ4v) is 3.40. The minimum Gasteiger partial charge on any atom is -0.493 e. The third kappa shape index (κ3) is 5.51. The molecule has 0 unspecified atom stereocenters. The highest BCUT2D eigenvalue weighted by Crippen LogP contribution is 2.38. The molecule has 0 aliphatic heterocycles. The Balaban J connectivity index is 1.66. The van der Waals surface area contributed by atoms with Gasteiger partial charge in [0, 0.05) is 20.6 Å². The number of hydrogen-bond acceptors (Lipinski definition) is 5. The SMILES string of the molecule is CCOc1c(OC)cc(CNC(=NC)N(C)Cc2ncc(-c3ccccc3)[nH]2)cc1OC. The molecule has 0 radical (unpaired) electrons. The van der Waals surface area contributed by atoms with Crippen LogP contribution in [0.1, 0.15) is 18.3 Å². The van der Waals surface area contributed by atoms with E-state index in [1.807, 2.05) is 55.4 Å². The smallest absolute Gasteiger partial charge is 0.203 e. The van der Waals surface area contributed by atoms with Gasteiger partial charge in [-0.15, -0.1) is 0 Å². The summed E-state index contributed by atoms with van der Waals surface area (Å²) in [4.78, 5) is 14.3. The Labute approximate surface area is 189 Å². The number of aromatic nitrogens is 2. The van der Waals surface area contributed by atoms with Crippen LogP contribution in [0.5, 0.6) is 17.2 Å². The van der Waals surface area contributed by atoms with Crippen LogP contribution in [-0.4, -0.2) is 55.7 Å². The van der Waals surface area contributed by atoms with E-state index in [-0.39, 0.29) is 0 Å². The van der Waals surface area contributed by atoms with Crippen LogP contribution in [0.15, 0.2) is 53.7 Å². The third-order valence-electron chi connectivity index (χ3n) is 4.93. The number of methoxy groups -OCH3 is 2. The summed E-state index contributed by atoms with van der Waals surface area (Å²) >= 11 is 0. The van der Waals surface area contributed by atoms with E-state index in [9.17, 15) is 0 Å². The summed E-state index contributed by atoms with van der Waals surface area (Å²) in [5, 5.41) is 3.38. The van der Waals surface area contributed by atoms with Gasteiger partial charge in [0.2, 0.25) is 5.75 Å². The van der Waals surface area contributed by atoms with Gasteiger partial charge in [-0.05, 0) is 30.2 Å². The van der Waals surface area contributed by atoms with Crippen molar-refractivity contribution >= 4 is 5.96 Å². The molecule has 0 saturated carbocycles. The zero-order chi connectivity index (χ0) is 22.9. The first-order valence-corrected chi connectivity index (χ1v) is 10.5. The van der Waals surface area contributed by atoms with Crippen molar-refractivity contribution in [3.05, 3.63) is 60.0 Å². The molecule has 2 aromatic carbocycles. The van der Waals surface area contributed by atoms with E-state index in [1.54, 1.807) is 21.3 Å². The number of rotatable bonds is 9. The highest BCUT2D eigenvalue weighted by molar-refractivity contribution is 5.79. The van der Waals surface area contributed by atoms with Crippen LogP contribution in [0.3, 0.4) is 0 Å². The summed E-state index contributed by atoms with van der Waals surface area (Å²) in [5.41, 5.74) is 3.08. The molecule has 32 heavy (non-hydrogen) atoms. The number of imidazole rings is 1. The summed E-state index contributed by atoms with van der Waals surface area (Å²) < 4.78 is 16.7. The molecule has 1 aromatic heterocycles. The molecule has 0 aliphatic rings. The van der Waals surface area contributed by atoms with E-state index < -0.39 is 0 Å². The van der Waals surface area contributed by atoms with Crippen LogP contribution in [0.2, 0.25) is 0 Å². The predicted octanol–water partition coefficient (Wildman–Crippen LogP) is 3.70. The Hall–Kier alpha value is -3.68. The second-order valence-corrected chi connectivity index (χ2v) is 7.13. The number of nitrogens with one attached hydrogen (secondary N) is 2. The van der Waals surface area contributed by atoms with E-state index in [1.165, 1.54) is 0 Å². The van der Waals surface area contributed by atoms with Gasteiger partial charge in [-0.2, -0.15) is 0 Å². The number of guanidine groups is 1. The maximum atomic E-state index is 5.68. The lowest BCUT2D eigenvalue weighted by molar-refractivity contribution is 0.288. The van der Waals surface area contributed by atoms with E-state index in [4.69, 9.17) is 14.2 Å². The number of H-pyrrole nitrogens is 1. The van der Waals surface area contributed by atoms with Crippen LogP contribution in [0, 0.1) is 0 Å². The molecule has 0 amide bonds. The molecule has 0 spiro atoms. The molecule has 0 aliphatic carbocycles. The maximum absolute atomic E-state index is 5.68. The van der Waals surface area contributed by atoms with Crippen LogP contribution in [-0.2, 0) is 13.1 Å². The lowest BCUT2D eigenvalue weighted by Crippen LogP contribution is -2.38. The normalized spacial score (nSPS) is 11.2. The Morgan fingerprint density at radius 2 is 1.81 bits per heavy atom. The van der Waals surface area contributed by atoms with Crippen molar-refractivity contribution in [2.45, 2.75) is 20.0 Å². The second-order valence-electron chi connectivity index (χ2n) is 7.13. The first-order valence-electron chi connectivity index (χ1n) is 10.5. The van der Waals surface area contributed by atoms with Crippen LogP contribution in [0.4, 0.5) is 0 Å². The summed E-state index contributed by atoms with van der Waals surface area (Å²) in [6, 6.07) is 14.0. The molecule has 170 valence electrons. The highest BCUT2D eigenvalue weighted by atomic mass is 16.5. The minimum absolute atomic E-state index is 0.528. The number of aromatic amines is 1. The van der Waals surface area contributed by atoms with Gasteiger partial charge in [-0.1, -0.05) is 30.3 Å². The van der Waals surface area contributed by atoms with Crippen LogP contribution >= 0.6 is 0 Å². The van der Waals surface area contributed by atoms with Gasteiger partial charge in [0.25, 0.3) is 0 Å². The van der Waals surface area contributed by atoms with E-state index in [0.29, 0.717) is 36.9 Å². The average Bonchev–Trinajstić information content (AvgIpc) is 3.29. The van der Waals surface area contributed by atoms with Gasteiger partial charge >= 0.3 is 0 Å². The molecule has 0 fully saturated rings. The Morgan fingerprint density at radius 3 is 2.41 bits per heavy atom. The molecular formula is C24H31N5O3. The monoisotopic (exact) mass is 437 g/mol. The average molecular weight is 438 g/mol. The van der Waals surface area contributed by atoms with E-state index in [0.717, 1.165) is 28.6 Å². The van der Waals surface area contributed by atoms with Crippen molar-refractivity contribution in [1.82, 2.24) is 20.2 Å². The van der Waals surface area contributed by atoms with Crippen molar-refractivity contribution < 1.29 is 14.2 Å². The molecule has 3 aromatic rings. The van der Waals surface area contributed by atoms with Crippen molar-refractivity contribution in [3.8, 4) is 28.5 Å². The quantitative estimate of drug-likeness (QED) is 0.392. The lowest BCUT2D eigenvalue weighted by atomic mass is 10.1. The summed E-state index contributed by atoms with van der Waals surface area (Å²) in [6.45, 7) is 3.59. The maximum Gasteiger partial charge on any atom is 0.203 e. The first-order chi connectivity index (χ1) is 15.6. The third-order valence-corrected chi connectivity index (χ3v) is 4.93. The number of ether oxygens (including phenoxy) is 3. The van der Waals surface area contributed by atoms with Crippen LogP contribution < -0.4 is 19.5 Å². The van der Waals surface area contributed by atoms with E-state index in [2.05, 4.69) is 32.4 Å². The molecule has 3 rings (SSSR count). The van der Waals surface area contributed by atoms with Crippen molar-refractivity contribution in [2.24, 2.45) is 4.99 Å². The minimum atomic E-state index is 0.528. The first kappa shape index (κ1) is 23.0. The molecule has 8 nitrogen and oxygen atoms in total. The number of benzene rings is 2. The summed E-state index contributed by atoms with van der Waals surface area (Å²) in [6.07, 6.45) is 1.85. The van der Waals surface area contributed by atoms with Gasteiger partial charge in [0.05, 0.1) is 39.3 Å². The second kappa shape index (κ2) is 11.1. The molecule has 0 atom stereocenters. The zero-order valence-electron chi connectivity index (χ0n) is 19.3. The zero-order valence-corrected chi connectivity index (χ0v) is 19.3. The fraction of sp³-hybridized carbons (Fsp3) is 0.333. The standard InChI is InChI=1S/C24H31N5O3/c1-6-32-23-20(30-4)12-17(13-21(23)31-5)14-27-24(25-2)29(3)16-22-26-15-19(28-22)18-10-8-7-9-11-18/h7-13,15H,6,14,16H2,1-5H3,(H,25,27)(H,26,28). The molecule has 0 saturated heterocycles. The highest BCUT2D eigenvalue weighted by Gasteiger charge is 2.15. The fourth-order valence-electron chi connectivity index (χ4n) is 3.40. The Kier molecular flexibility index (Phi) is 7.96. The molecule has 0 bridgehead atoms. The topological polar surface area (TPSA) is 84.0 Å². The molecule has 2 N–H and O–H groups in total. The van der Waals surface area contributed by atoms with Crippen molar-refractivity contribution in [2.75, 3.05) is 34.9 Å². The Morgan fingerprint density at radius 1 is 1.12 bits per heavy atom. The summed E-state index contributed by atoms with van der Waals surface area (Å²) in [5.74, 6) is 3.48. The molecular weight excluding hydrogens is 406 g/mol. The lowest BCUT2D eigenvalue weighted by Gasteiger charge is -2.22. The van der Waals surface area contributed by atoms with Crippen molar-refractivity contribution in [3.63, 3.8) is 0 Å². The van der Waals surface area contributed by atoms with Gasteiger partial charge in [0.15, 0.2) is 17.5 Å². The largest absolute Gasteiger partial charge is 0.493 e. The molecule has 8 heteroatoms. The van der Waals surface area contributed by atoms with Gasteiger partial charge < -0.3 is 29.4 Å². The predicted molar refractivity (Wildman–Crippen MR) is 126 cm³/mol. The summed E-state index contributed by atoms with van der Waals surface area (Å²) in [7, 11) is 6.97. The van der Waals surface area contributed by atoms with Crippen molar-refractivity contribution in [1.29, 1.82) is 0 Å². The van der Waals surface area contributed by atoms with Crippen LogP contribution in [0.25, 0.3) is 11.3 Å². The molecule has 1 heterocycles. The number of nitrogens with zero attached hydrogens (tertiary/aromatic N) is 3. The van der Waals surface area contributed by atoms with Gasteiger partial charge in [-0.3, -0.25) is 4.99 Å².